The van der Waals surface area contributed by atoms with E-state index in [0.717, 1.165) is 28.0 Å². The van der Waals surface area contributed by atoms with Crippen LogP contribution in [-0.2, 0) is 14.4 Å². The minimum atomic E-state index is -0.829. The summed E-state index contributed by atoms with van der Waals surface area (Å²) in [6, 6.07) is 17.2. The largest absolute Gasteiger partial charge is 0.484 e. The molecule has 2 unspecified atom stereocenters. The Morgan fingerprint density at radius 3 is 2.36 bits per heavy atom. The highest BCUT2D eigenvalue weighted by atomic mass is 32.2. The Labute approximate surface area is 244 Å². The molecule has 0 spiro atoms. The molecule has 0 aliphatic carbocycles. The maximum atomic E-state index is 13.8. The number of rotatable bonds is 7. The van der Waals surface area contributed by atoms with Crippen molar-refractivity contribution < 1.29 is 28.4 Å². The molecular weight excluding hydrogens is 587 g/mol. The average Bonchev–Trinajstić information content (AvgIpc) is 3.47. The Morgan fingerprint density at radius 2 is 1.69 bits per heavy atom. The summed E-state index contributed by atoms with van der Waals surface area (Å²) < 4.78 is 18.7. The Morgan fingerprint density at radius 1 is 1.00 bits per heavy atom. The number of H-pyrrole nitrogens is 1. The van der Waals surface area contributed by atoms with Crippen LogP contribution in [0, 0.1) is 21.8 Å². The fourth-order valence-corrected chi connectivity index (χ4v) is 7.52. The minimum Gasteiger partial charge on any atom is -0.484 e. The van der Waals surface area contributed by atoms with Gasteiger partial charge in [0.2, 0.25) is 11.8 Å². The fourth-order valence-electron chi connectivity index (χ4n) is 5.00. The molecule has 3 atom stereocenters. The maximum absolute atomic E-state index is 13.8. The molecule has 1 aromatic heterocycles. The van der Waals surface area contributed by atoms with Gasteiger partial charge in [-0.15, -0.1) is 0 Å². The van der Waals surface area contributed by atoms with Crippen LogP contribution in [0.4, 0.5) is 21.5 Å². The van der Waals surface area contributed by atoms with Crippen LogP contribution in [0.1, 0.15) is 16.4 Å². The van der Waals surface area contributed by atoms with E-state index in [1.165, 1.54) is 48.5 Å². The molecule has 14 heteroatoms. The average molecular weight is 607 g/mol. The van der Waals surface area contributed by atoms with Crippen molar-refractivity contribution >= 4 is 57.9 Å². The molecule has 6 rings (SSSR count). The lowest BCUT2D eigenvalue weighted by Gasteiger charge is -2.29. The van der Waals surface area contributed by atoms with Crippen molar-refractivity contribution in [2.45, 2.75) is 16.2 Å². The van der Waals surface area contributed by atoms with E-state index in [0.29, 0.717) is 26.9 Å². The van der Waals surface area contributed by atoms with Crippen molar-refractivity contribution in [1.82, 2.24) is 4.98 Å². The number of benzene rings is 3. The monoisotopic (exact) mass is 606 g/mol. The second kappa shape index (κ2) is 10.9. The van der Waals surface area contributed by atoms with Gasteiger partial charge in [0.1, 0.15) is 16.8 Å². The quantitative estimate of drug-likeness (QED) is 0.180. The van der Waals surface area contributed by atoms with Crippen LogP contribution in [0.3, 0.4) is 0 Å². The van der Waals surface area contributed by atoms with Crippen molar-refractivity contribution in [3.63, 3.8) is 0 Å². The molecule has 1 saturated heterocycles. The number of carbonyl (C=O) groups is 3. The number of nitro groups is 1. The molecule has 42 heavy (non-hydrogen) atoms. The fraction of sp³-hybridized carbons (Fsp3) is 0.143. The number of nitrogens with zero attached hydrogens (tertiary/aromatic N) is 2. The number of hydrogen-bond donors (Lipinski definition) is 2. The van der Waals surface area contributed by atoms with E-state index in [2.05, 4.69) is 10.3 Å². The first-order chi connectivity index (χ1) is 20.2. The zero-order valence-electron chi connectivity index (χ0n) is 21.3. The second-order valence-electron chi connectivity index (χ2n) is 9.45. The number of thioether (sulfide) groups is 1. The second-order valence-corrected chi connectivity index (χ2v) is 11.6. The topological polar surface area (TPSA) is 152 Å². The van der Waals surface area contributed by atoms with E-state index >= 15 is 0 Å². The van der Waals surface area contributed by atoms with Gasteiger partial charge in [0.15, 0.2) is 6.61 Å². The summed E-state index contributed by atoms with van der Waals surface area (Å²) in [4.78, 5) is 66.4. The zero-order valence-corrected chi connectivity index (χ0v) is 22.9. The molecule has 2 N–H and O–H groups in total. The van der Waals surface area contributed by atoms with Crippen LogP contribution >= 0.6 is 23.1 Å². The molecule has 3 amide bonds. The first kappa shape index (κ1) is 27.4. The van der Waals surface area contributed by atoms with Gasteiger partial charge in [-0.05, 0) is 54.1 Å². The molecule has 2 aliphatic heterocycles. The number of halogens is 1. The molecule has 212 valence electrons. The van der Waals surface area contributed by atoms with Gasteiger partial charge < -0.3 is 15.0 Å². The Kier molecular flexibility index (Phi) is 7.08. The lowest BCUT2D eigenvalue weighted by Crippen LogP contribution is -2.32. The summed E-state index contributed by atoms with van der Waals surface area (Å²) in [7, 11) is 0. The molecule has 3 aromatic carbocycles. The van der Waals surface area contributed by atoms with Gasteiger partial charge in [-0.1, -0.05) is 35.2 Å². The standard InChI is InChI=1S/C28H19FN4O7S2/c29-15-3-5-16(6-4-15)30-20(34)13-40-19-11-1-14(2-12-19)21-22-24(41-25-23(21)42-28(37)31-25)27(36)32(26(22)35)17-7-9-18(10-8-17)33(38)39/h1-12,21-22,24H,13H2,(H,30,34)(H,31,37)/t21-,22?,24?/m1/s1. The van der Waals surface area contributed by atoms with E-state index in [9.17, 15) is 33.7 Å². The van der Waals surface area contributed by atoms with Crippen molar-refractivity contribution in [1.29, 1.82) is 0 Å². The molecule has 2 aliphatic rings. The summed E-state index contributed by atoms with van der Waals surface area (Å²) in [6.45, 7) is -0.303. The van der Waals surface area contributed by atoms with Crippen LogP contribution < -0.4 is 19.8 Å². The molecule has 1 fully saturated rings. The SMILES string of the molecule is O=C(COc1ccc([C@H]2c3sc(=O)[nH]c3SC3C(=O)N(c4ccc([N+](=O)[O-])cc4)C(=O)C32)cc1)Nc1ccc(F)cc1. The Balaban J connectivity index is 1.24. The predicted octanol–water partition coefficient (Wildman–Crippen LogP) is 4.30. The lowest BCUT2D eigenvalue weighted by atomic mass is 9.83. The van der Waals surface area contributed by atoms with Crippen molar-refractivity contribution in [2.75, 3.05) is 16.8 Å². The number of carbonyl (C=O) groups excluding carboxylic acids is 3. The third-order valence-corrected chi connectivity index (χ3v) is 9.28. The number of imide groups is 1. The van der Waals surface area contributed by atoms with E-state index in [1.54, 1.807) is 24.3 Å². The number of non-ortho nitro benzene ring substituents is 1. The van der Waals surface area contributed by atoms with Gasteiger partial charge in [-0.2, -0.15) is 0 Å². The van der Waals surface area contributed by atoms with E-state index in [-0.39, 0.29) is 22.9 Å². The smallest absolute Gasteiger partial charge is 0.305 e. The van der Waals surface area contributed by atoms with Gasteiger partial charge in [-0.25, -0.2) is 9.29 Å². The summed E-state index contributed by atoms with van der Waals surface area (Å²) in [5.74, 6) is -2.89. The summed E-state index contributed by atoms with van der Waals surface area (Å²) in [5.41, 5.74) is 1.14. The number of nitro benzene ring substituents is 1. The number of aromatic amines is 1. The number of aromatic nitrogens is 1. The van der Waals surface area contributed by atoms with Gasteiger partial charge in [0.25, 0.3) is 11.6 Å². The lowest BCUT2D eigenvalue weighted by molar-refractivity contribution is -0.384. The van der Waals surface area contributed by atoms with Gasteiger partial charge in [-0.3, -0.25) is 29.3 Å². The first-order valence-corrected chi connectivity index (χ1v) is 14.2. The third kappa shape index (κ3) is 5.05. The van der Waals surface area contributed by atoms with Crippen LogP contribution in [0.15, 0.2) is 82.6 Å². The minimum absolute atomic E-state index is 0.169. The van der Waals surface area contributed by atoms with E-state index < -0.39 is 45.5 Å². The Bertz CT molecular complexity index is 1770. The van der Waals surface area contributed by atoms with Crippen LogP contribution in [-0.4, -0.2) is 39.5 Å². The highest BCUT2D eigenvalue weighted by Gasteiger charge is 2.56. The predicted molar refractivity (Wildman–Crippen MR) is 152 cm³/mol. The molecule has 0 radical (unpaired) electrons. The number of fused-ring (bicyclic) bond motifs is 2. The normalized spacial score (nSPS) is 19.3. The zero-order chi connectivity index (χ0) is 29.5. The Hall–Kier alpha value is -4.82. The molecule has 0 saturated carbocycles. The van der Waals surface area contributed by atoms with Crippen LogP contribution in [0.25, 0.3) is 0 Å². The summed E-state index contributed by atoms with van der Waals surface area (Å²) in [5, 5.41) is 13.4. The first-order valence-electron chi connectivity index (χ1n) is 12.5. The van der Waals surface area contributed by atoms with Crippen molar-refractivity contribution in [2.24, 2.45) is 5.92 Å². The molecule has 3 heterocycles. The molecule has 0 bridgehead atoms. The van der Waals surface area contributed by atoms with Crippen LogP contribution in [0.2, 0.25) is 0 Å². The number of ether oxygens (including phenoxy) is 1. The maximum Gasteiger partial charge on any atom is 0.305 e. The van der Waals surface area contributed by atoms with Gasteiger partial charge in [0.05, 0.1) is 21.6 Å². The number of anilines is 2. The van der Waals surface area contributed by atoms with Gasteiger partial charge in [0, 0.05) is 28.6 Å². The molecule has 4 aromatic rings. The summed E-state index contributed by atoms with van der Waals surface area (Å²) in [6.07, 6.45) is 0. The van der Waals surface area contributed by atoms with E-state index in [1.807, 2.05) is 0 Å². The molecule has 11 nitrogen and oxygen atoms in total. The number of amides is 3. The highest BCUT2D eigenvalue weighted by molar-refractivity contribution is 8.00. The number of thiazole rings is 1. The summed E-state index contributed by atoms with van der Waals surface area (Å²) >= 11 is 2.10. The molecular formula is C28H19FN4O7S2. The third-order valence-electron chi connectivity index (χ3n) is 6.88. The van der Waals surface area contributed by atoms with Crippen molar-refractivity contribution in [3.8, 4) is 5.75 Å². The number of hydrogen-bond acceptors (Lipinski definition) is 9. The number of nitrogens with one attached hydrogen (secondary N) is 2. The van der Waals surface area contributed by atoms with E-state index in [4.69, 9.17) is 4.74 Å². The van der Waals surface area contributed by atoms with Crippen molar-refractivity contribution in [3.05, 3.63) is 109 Å². The van der Waals surface area contributed by atoms with Crippen LogP contribution in [0.5, 0.6) is 5.75 Å². The highest BCUT2D eigenvalue weighted by Crippen LogP contribution is 2.53. The van der Waals surface area contributed by atoms with Gasteiger partial charge >= 0.3 is 4.87 Å².